The van der Waals surface area contributed by atoms with Gasteiger partial charge >= 0.3 is 0 Å². The third-order valence-electron chi connectivity index (χ3n) is 3.98. The number of H-pyrrole nitrogens is 1. The highest BCUT2D eigenvalue weighted by Gasteiger charge is 2.17. The van der Waals surface area contributed by atoms with E-state index in [0.29, 0.717) is 22.8 Å². The molecule has 25 heavy (non-hydrogen) atoms. The van der Waals surface area contributed by atoms with Gasteiger partial charge in [0.15, 0.2) is 11.5 Å². The fourth-order valence-electron chi connectivity index (χ4n) is 2.75. The lowest BCUT2D eigenvalue weighted by atomic mass is 9.99. The molecule has 2 aromatic carbocycles. The first-order valence-corrected chi connectivity index (χ1v) is 8.28. The fourth-order valence-corrected chi connectivity index (χ4v) is 3.01. The standard InChI is InChI=1S/C19H11BrN2O3/c20-13-4-1-11(2-5-13)16-8-14(15(9-21)19(23)22-16)12-3-6-17-18(7-12)25-10-24-17/h1-8H,10H2,(H,22,23). The van der Waals surface area contributed by atoms with Crippen LogP contribution in [-0.4, -0.2) is 11.8 Å². The number of nitriles is 1. The summed E-state index contributed by atoms with van der Waals surface area (Å²) < 4.78 is 11.7. The van der Waals surface area contributed by atoms with E-state index in [1.807, 2.05) is 36.4 Å². The third kappa shape index (κ3) is 2.79. The van der Waals surface area contributed by atoms with Crippen molar-refractivity contribution in [2.24, 2.45) is 0 Å². The van der Waals surface area contributed by atoms with Crippen molar-refractivity contribution in [3.8, 4) is 40.0 Å². The minimum absolute atomic E-state index is 0.0692. The normalized spacial score (nSPS) is 12.0. The number of benzene rings is 2. The van der Waals surface area contributed by atoms with Gasteiger partial charge in [0.2, 0.25) is 6.79 Å². The molecule has 4 rings (SSSR count). The van der Waals surface area contributed by atoms with Crippen molar-refractivity contribution in [3.63, 3.8) is 0 Å². The number of fused-ring (bicyclic) bond motifs is 1. The van der Waals surface area contributed by atoms with Crippen LogP contribution in [-0.2, 0) is 0 Å². The van der Waals surface area contributed by atoms with E-state index >= 15 is 0 Å². The zero-order valence-corrected chi connectivity index (χ0v) is 14.5. The van der Waals surface area contributed by atoms with E-state index in [1.54, 1.807) is 18.2 Å². The van der Waals surface area contributed by atoms with Gasteiger partial charge in [-0.25, -0.2) is 0 Å². The van der Waals surface area contributed by atoms with Gasteiger partial charge in [0, 0.05) is 15.7 Å². The fraction of sp³-hybridized carbons (Fsp3) is 0.0526. The molecule has 0 radical (unpaired) electrons. The second-order valence-electron chi connectivity index (χ2n) is 5.49. The van der Waals surface area contributed by atoms with Crippen LogP contribution in [0.25, 0.3) is 22.4 Å². The molecule has 122 valence electrons. The average molecular weight is 395 g/mol. The van der Waals surface area contributed by atoms with Gasteiger partial charge in [-0.05, 0) is 41.5 Å². The van der Waals surface area contributed by atoms with Gasteiger partial charge < -0.3 is 14.5 Å². The van der Waals surface area contributed by atoms with E-state index in [9.17, 15) is 10.1 Å². The summed E-state index contributed by atoms with van der Waals surface area (Å²) in [6.45, 7) is 0.170. The van der Waals surface area contributed by atoms with Crippen LogP contribution in [0.5, 0.6) is 11.5 Å². The molecular weight excluding hydrogens is 384 g/mol. The molecular formula is C19H11BrN2O3. The van der Waals surface area contributed by atoms with Crippen LogP contribution >= 0.6 is 15.9 Å². The monoisotopic (exact) mass is 394 g/mol. The lowest BCUT2D eigenvalue weighted by Crippen LogP contribution is -2.12. The zero-order chi connectivity index (χ0) is 17.4. The highest BCUT2D eigenvalue weighted by molar-refractivity contribution is 9.10. The molecule has 0 saturated heterocycles. The molecule has 1 aliphatic heterocycles. The number of nitrogens with zero attached hydrogens (tertiary/aromatic N) is 1. The Bertz CT molecular complexity index is 1070. The van der Waals surface area contributed by atoms with Gasteiger partial charge in [-0.1, -0.05) is 34.1 Å². The quantitative estimate of drug-likeness (QED) is 0.710. The Morgan fingerprint density at radius 3 is 2.48 bits per heavy atom. The molecule has 0 unspecified atom stereocenters. The Balaban J connectivity index is 1.90. The highest BCUT2D eigenvalue weighted by atomic mass is 79.9. The van der Waals surface area contributed by atoms with Crippen molar-refractivity contribution >= 4 is 15.9 Å². The number of hydrogen-bond donors (Lipinski definition) is 1. The third-order valence-corrected chi connectivity index (χ3v) is 4.51. The Morgan fingerprint density at radius 1 is 1.00 bits per heavy atom. The van der Waals surface area contributed by atoms with Crippen LogP contribution in [0.4, 0.5) is 0 Å². The van der Waals surface area contributed by atoms with Crippen LogP contribution in [0.3, 0.4) is 0 Å². The molecule has 0 spiro atoms. The molecule has 5 nitrogen and oxygen atoms in total. The maximum absolute atomic E-state index is 12.4. The second-order valence-corrected chi connectivity index (χ2v) is 6.40. The van der Waals surface area contributed by atoms with Crippen LogP contribution in [0.15, 0.2) is 57.8 Å². The highest BCUT2D eigenvalue weighted by Crippen LogP contribution is 2.37. The van der Waals surface area contributed by atoms with E-state index in [4.69, 9.17) is 9.47 Å². The van der Waals surface area contributed by atoms with Crippen molar-refractivity contribution in [2.45, 2.75) is 0 Å². The molecule has 3 aromatic rings. The molecule has 0 amide bonds. The minimum Gasteiger partial charge on any atom is -0.454 e. The van der Waals surface area contributed by atoms with Crippen LogP contribution < -0.4 is 15.0 Å². The minimum atomic E-state index is -0.421. The van der Waals surface area contributed by atoms with Gasteiger partial charge in [0.25, 0.3) is 5.56 Å². The summed E-state index contributed by atoms with van der Waals surface area (Å²) in [5.74, 6) is 1.26. The predicted octanol–water partition coefficient (Wildman–Crippen LogP) is 4.07. The summed E-state index contributed by atoms with van der Waals surface area (Å²) in [5.41, 5.74) is 2.43. The summed E-state index contributed by atoms with van der Waals surface area (Å²) in [4.78, 5) is 15.2. The summed E-state index contributed by atoms with van der Waals surface area (Å²) in [7, 11) is 0. The number of ether oxygens (including phenoxy) is 2. The number of nitrogens with one attached hydrogen (secondary N) is 1. The molecule has 0 aliphatic carbocycles. The number of halogens is 1. The van der Waals surface area contributed by atoms with Crippen molar-refractivity contribution in [1.29, 1.82) is 5.26 Å². The van der Waals surface area contributed by atoms with Crippen molar-refractivity contribution in [3.05, 3.63) is 68.9 Å². The number of aromatic amines is 1. The summed E-state index contributed by atoms with van der Waals surface area (Å²) in [6.07, 6.45) is 0. The first-order chi connectivity index (χ1) is 12.2. The first-order valence-electron chi connectivity index (χ1n) is 7.49. The average Bonchev–Trinajstić information content (AvgIpc) is 3.09. The van der Waals surface area contributed by atoms with Gasteiger partial charge in [0.1, 0.15) is 11.6 Å². The van der Waals surface area contributed by atoms with Crippen molar-refractivity contribution in [2.75, 3.05) is 6.79 Å². The number of pyridine rings is 1. The van der Waals surface area contributed by atoms with Gasteiger partial charge in [-0.3, -0.25) is 4.79 Å². The smallest absolute Gasteiger partial charge is 0.266 e. The molecule has 1 aromatic heterocycles. The first kappa shape index (κ1) is 15.5. The summed E-state index contributed by atoms with van der Waals surface area (Å²) in [6, 6.07) is 16.8. The van der Waals surface area contributed by atoms with E-state index in [-0.39, 0.29) is 12.4 Å². The Labute approximate surface area is 151 Å². The maximum atomic E-state index is 12.4. The van der Waals surface area contributed by atoms with Gasteiger partial charge in [-0.15, -0.1) is 0 Å². The predicted molar refractivity (Wildman–Crippen MR) is 96.5 cm³/mol. The lowest BCUT2D eigenvalue weighted by molar-refractivity contribution is 0.174. The van der Waals surface area contributed by atoms with Gasteiger partial charge in [-0.2, -0.15) is 5.26 Å². The van der Waals surface area contributed by atoms with Crippen molar-refractivity contribution < 1.29 is 9.47 Å². The Kier molecular flexibility index (Phi) is 3.79. The molecule has 0 atom stereocenters. The van der Waals surface area contributed by atoms with Crippen molar-refractivity contribution in [1.82, 2.24) is 4.98 Å². The molecule has 1 N–H and O–H groups in total. The largest absolute Gasteiger partial charge is 0.454 e. The van der Waals surface area contributed by atoms with Gasteiger partial charge in [0.05, 0.1) is 0 Å². The topological polar surface area (TPSA) is 75.1 Å². The molecule has 6 heteroatoms. The zero-order valence-electron chi connectivity index (χ0n) is 12.9. The molecule has 0 saturated carbocycles. The Morgan fingerprint density at radius 2 is 1.72 bits per heavy atom. The molecule has 2 heterocycles. The Hall–Kier alpha value is -3.04. The number of rotatable bonds is 2. The SMILES string of the molecule is N#Cc1c(-c2ccc3c(c2)OCO3)cc(-c2ccc(Br)cc2)[nH]c1=O. The van der Waals surface area contributed by atoms with E-state index < -0.39 is 5.56 Å². The molecule has 0 bridgehead atoms. The van der Waals surface area contributed by atoms with Crippen LogP contribution in [0, 0.1) is 11.3 Å². The second kappa shape index (κ2) is 6.11. The maximum Gasteiger partial charge on any atom is 0.266 e. The summed E-state index contributed by atoms with van der Waals surface area (Å²) >= 11 is 3.39. The lowest BCUT2D eigenvalue weighted by Gasteiger charge is -2.09. The van der Waals surface area contributed by atoms with E-state index in [0.717, 1.165) is 15.6 Å². The number of hydrogen-bond acceptors (Lipinski definition) is 4. The molecule has 1 aliphatic rings. The van der Waals surface area contributed by atoms with E-state index in [2.05, 4.69) is 20.9 Å². The molecule has 0 fully saturated rings. The number of aromatic nitrogens is 1. The van der Waals surface area contributed by atoms with E-state index in [1.165, 1.54) is 0 Å². The summed E-state index contributed by atoms with van der Waals surface area (Å²) in [5, 5.41) is 9.42. The van der Waals surface area contributed by atoms with Crippen LogP contribution in [0.1, 0.15) is 5.56 Å². The van der Waals surface area contributed by atoms with Crippen LogP contribution in [0.2, 0.25) is 0 Å².